The highest BCUT2D eigenvalue weighted by Gasteiger charge is 2.57. The summed E-state index contributed by atoms with van der Waals surface area (Å²) < 4.78 is 6.37. The summed E-state index contributed by atoms with van der Waals surface area (Å²) >= 11 is 8.40. The average molecular weight is 607 g/mol. The quantitative estimate of drug-likeness (QED) is 0.411. The Morgan fingerprint density at radius 1 is 1.41 bits per heavy atom. The van der Waals surface area contributed by atoms with E-state index in [1.54, 1.807) is 25.2 Å². The molecule has 0 aromatic heterocycles. The van der Waals surface area contributed by atoms with E-state index in [0.29, 0.717) is 33.9 Å². The monoisotopic (exact) mass is 606 g/mol. The van der Waals surface area contributed by atoms with Gasteiger partial charge in [-0.3, -0.25) is 9.63 Å². The van der Waals surface area contributed by atoms with Crippen molar-refractivity contribution in [3.05, 3.63) is 26.3 Å². The molecule has 7 nitrogen and oxygen atoms in total. The van der Waals surface area contributed by atoms with Crippen molar-refractivity contribution in [2.24, 2.45) is 29.1 Å². The Hall–Kier alpha value is -0.650. The molecular formula is C25H36ClIN2O5. The minimum Gasteiger partial charge on any atom is -0.495 e. The lowest BCUT2D eigenvalue weighted by Crippen LogP contribution is -2.62. The van der Waals surface area contributed by atoms with Gasteiger partial charge in [-0.2, -0.15) is 5.06 Å². The van der Waals surface area contributed by atoms with Crippen LogP contribution in [0.2, 0.25) is 5.02 Å². The highest BCUT2D eigenvalue weighted by atomic mass is 127. The summed E-state index contributed by atoms with van der Waals surface area (Å²) in [5.41, 5.74) is 1.14. The summed E-state index contributed by atoms with van der Waals surface area (Å²) in [7, 11) is 1.58. The lowest BCUT2D eigenvalue weighted by atomic mass is 9.45. The van der Waals surface area contributed by atoms with Crippen LogP contribution in [-0.2, 0) is 16.2 Å². The van der Waals surface area contributed by atoms with Crippen molar-refractivity contribution in [1.29, 1.82) is 0 Å². The van der Waals surface area contributed by atoms with Gasteiger partial charge in [0.1, 0.15) is 17.9 Å². The van der Waals surface area contributed by atoms with Gasteiger partial charge >= 0.3 is 0 Å². The number of fused-ring (bicyclic) bond motifs is 2. The molecule has 0 radical (unpaired) electrons. The standard InChI is InChI=1S/C25H36ClIN2O5/c1-12-16-8-15(25(16,3)4)9-18(12)28-24(32)22-20(13(2)31)19(11-30)34-29(22)10-14-6-7-17(26)21(27)23(14)33-5/h6-7,12-13,15-16,18-20,22,30-31H,8-11H2,1-5H3,(H,28,32)/t12-,13-,15+,16-,18-,19-,20+,22-/m0/s1. The van der Waals surface area contributed by atoms with Gasteiger partial charge in [-0.05, 0) is 71.6 Å². The number of benzene rings is 1. The van der Waals surface area contributed by atoms with Crippen LogP contribution in [-0.4, -0.2) is 59.2 Å². The highest BCUT2D eigenvalue weighted by Crippen LogP contribution is 2.61. The Labute approximate surface area is 220 Å². The fourth-order valence-corrected chi connectivity index (χ4v) is 7.46. The number of aliphatic hydroxyl groups excluding tert-OH is 2. The van der Waals surface area contributed by atoms with Crippen molar-refractivity contribution in [3.63, 3.8) is 0 Å². The molecule has 3 saturated carbocycles. The van der Waals surface area contributed by atoms with Gasteiger partial charge in [0.15, 0.2) is 0 Å². The first kappa shape index (κ1) is 26.4. The van der Waals surface area contributed by atoms with Crippen LogP contribution in [0, 0.1) is 32.7 Å². The zero-order valence-electron chi connectivity index (χ0n) is 20.4. The van der Waals surface area contributed by atoms with Crippen LogP contribution in [0.3, 0.4) is 0 Å². The summed E-state index contributed by atoms with van der Waals surface area (Å²) in [4.78, 5) is 19.8. The van der Waals surface area contributed by atoms with E-state index in [-0.39, 0.29) is 25.1 Å². The maximum absolute atomic E-state index is 13.7. The molecule has 1 saturated heterocycles. The van der Waals surface area contributed by atoms with Crippen molar-refractivity contribution in [2.75, 3.05) is 13.7 Å². The van der Waals surface area contributed by atoms with Gasteiger partial charge in [-0.25, -0.2) is 0 Å². The molecule has 5 rings (SSSR count). The third kappa shape index (κ3) is 4.47. The van der Waals surface area contributed by atoms with Gasteiger partial charge in [-0.1, -0.05) is 38.4 Å². The third-order valence-electron chi connectivity index (χ3n) is 8.72. The first-order valence-electron chi connectivity index (χ1n) is 12.0. The number of ether oxygens (including phenoxy) is 1. The molecule has 4 aliphatic rings. The second kappa shape index (κ2) is 10.0. The zero-order valence-corrected chi connectivity index (χ0v) is 23.3. The van der Waals surface area contributed by atoms with Gasteiger partial charge < -0.3 is 20.3 Å². The van der Waals surface area contributed by atoms with Gasteiger partial charge in [0.2, 0.25) is 5.91 Å². The number of hydrogen-bond donors (Lipinski definition) is 3. The predicted octanol–water partition coefficient (Wildman–Crippen LogP) is 3.61. The van der Waals surface area contributed by atoms with E-state index < -0.39 is 24.2 Å². The summed E-state index contributed by atoms with van der Waals surface area (Å²) in [6.45, 7) is 8.52. The largest absolute Gasteiger partial charge is 0.495 e. The maximum Gasteiger partial charge on any atom is 0.240 e. The molecule has 4 fully saturated rings. The molecule has 3 aliphatic carbocycles. The SMILES string of the molecule is COc1c(CN2O[C@@H](CO)[C@@H]([C@H](C)O)[C@H]2C(=O)N[C@H]2C[C@H]3C[C@@H]([C@@H]2C)C3(C)C)ccc(Cl)c1I. The van der Waals surface area contributed by atoms with Crippen LogP contribution in [0.5, 0.6) is 5.75 Å². The summed E-state index contributed by atoms with van der Waals surface area (Å²) in [6, 6.07) is 3.00. The van der Waals surface area contributed by atoms with Crippen LogP contribution in [0.4, 0.5) is 0 Å². The molecule has 1 heterocycles. The predicted molar refractivity (Wildman–Crippen MR) is 138 cm³/mol. The minimum absolute atomic E-state index is 0.0972. The van der Waals surface area contributed by atoms with Crippen molar-refractivity contribution in [3.8, 4) is 5.75 Å². The van der Waals surface area contributed by atoms with Crippen LogP contribution >= 0.6 is 34.2 Å². The van der Waals surface area contributed by atoms with Gasteiger partial charge in [-0.15, -0.1) is 0 Å². The maximum atomic E-state index is 13.7. The molecule has 1 aromatic rings. The lowest BCUT2D eigenvalue weighted by Gasteiger charge is -2.62. The number of amides is 1. The van der Waals surface area contributed by atoms with Gasteiger partial charge in [0.05, 0.1) is 35.0 Å². The van der Waals surface area contributed by atoms with E-state index in [9.17, 15) is 15.0 Å². The average Bonchev–Trinajstić information content (AvgIpc) is 3.16. The third-order valence-corrected chi connectivity index (χ3v) is 10.4. The van der Waals surface area contributed by atoms with E-state index in [2.05, 4.69) is 48.7 Å². The molecule has 34 heavy (non-hydrogen) atoms. The number of halogens is 2. The number of carbonyl (C=O) groups excluding carboxylic acids is 1. The Bertz CT molecular complexity index is 929. The van der Waals surface area contributed by atoms with Crippen molar-refractivity contribution >= 4 is 40.1 Å². The van der Waals surface area contributed by atoms with Crippen molar-refractivity contribution in [2.45, 2.75) is 71.4 Å². The molecule has 3 N–H and O–H groups in total. The molecule has 8 atom stereocenters. The van der Waals surface area contributed by atoms with Crippen LogP contribution in [0.1, 0.15) is 46.1 Å². The number of rotatable bonds is 7. The minimum atomic E-state index is -0.832. The molecule has 0 unspecified atom stereocenters. The topological polar surface area (TPSA) is 91.3 Å². The first-order chi connectivity index (χ1) is 16.0. The second-order valence-electron chi connectivity index (χ2n) is 10.8. The van der Waals surface area contributed by atoms with Crippen molar-refractivity contribution < 1.29 is 24.6 Å². The van der Waals surface area contributed by atoms with Crippen molar-refractivity contribution in [1.82, 2.24) is 10.4 Å². The van der Waals surface area contributed by atoms with E-state index in [4.69, 9.17) is 21.2 Å². The Morgan fingerprint density at radius 2 is 2.12 bits per heavy atom. The van der Waals surface area contributed by atoms with E-state index >= 15 is 0 Å². The zero-order chi connectivity index (χ0) is 24.9. The van der Waals surface area contributed by atoms with Crippen LogP contribution in [0.15, 0.2) is 12.1 Å². The van der Waals surface area contributed by atoms with E-state index in [0.717, 1.165) is 15.6 Å². The summed E-state index contributed by atoms with van der Waals surface area (Å²) in [5.74, 6) is 1.50. The smallest absolute Gasteiger partial charge is 0.240 e. The molecule has 1 aliphatic heterocycles. The summed E-state index contributed by atoms with van der Waals surface area (Å²) in [5, 5.41) is 26.0. The molecular weight excluding hydrogens is 571 g/mol. The Balaban J connectivity index is 1.58. The Morgan fingerprint density at radius 3 is 2.68 bits per heavy atom. The molecule has 9 heteroatoms. The van der Waals surface area contributed by atoms with Gasteiger partial charge in [0, 0.05) is 17.5 Å². The van der Waals surface area contributed by atoms with Crippen LogP contribution in [0.25, 0.3) is 0 Å². The number of methoxy groups -OCH3 is 1. The van der Waals surface area contributed by atoms with E-state index in [1.807, 2.05) is 6.07 Å². The number of hydroxylamine groups is 2. The number of hydrogen-bond acceptors (Lipinski definition) is 6. The fourth-order valence-electron chi connectivity index (χ4n) is 6.57. The number of nitrogens with zero attached hydrogens (tertiary/aromatic N) is 1. The highest BCUT2D eigenvalue weighted by molar-refractivity contribution is 14.1. The summed E-state index contributed by atoms with van der Waals surface area (Å²) in [6.07, 6.45) is 0.693. The lowest BCUT2D eigenvalue weighted by molar-refractivity contribution is -0.183. The second-order valence-corrected chi connectivity index (χ2v) is 12.3. The van der Waals surface area contributed by atoms with Crippen LogP contribution < -0.4 is 10.1 Å². The normalized spacial score (nSPS) is 35.5. The molecule has 0 spiro atoms. The fraction of sp³-hybridized carbons (Fsp3) is 0.720. The first-order valence-corrected chi connectivity index (χ1v) is 13.5. The van der Waals surface area contributed by atoms with E-state index in [1.165, 1.54) is 6.42 Å². The molecule has 190 valence electrons. The van der Waals surface area contributed by atoms with Gasteiger partial charge in [0.25, 0.3) is 0 Å². The Kier molecular flexibility index (Phi) is 7.78. The number of aliphatic hydroxyl groups is 2. The molecule has 1 amide bonds. The molecule has 2 bridgehead atoms. The number of carbonyl (C=O) groups is 1. The molecule has 1 aromatic carbocycles. The number of nitrogens with one attached hydrogen (secondary N) is 1.